The van der Waals surface area contributed by atoms with E-state index < -0.39 is 20.3 Å². The predicted octanol–water partition coefficient (Wildman–Crippen LogP) is 1.23. The molecule has 0 aromatic carbocycles. The second kappa shape index (κ2) is 2.62. The van der Waals surface area contributed by atoms with Crippen LogP contribution in [0.15, 0.2) is 41.4 Å². The molecular weight excluding hydrogens is 238 g/mol. The van der Waals surface area contributed by atoms with Crippen LogP contribution in [0.3, 0.4) is 0 Å². The maximum atomic E-state index is 13.4. The zero-order chi connectivity index (χ0) is 11.2. The largest absolute Gasteiger partial charge is 0.442 e. The molecule has 2 aliphatic heterocycles. The molecule has 2 aliphatic rings. The van der Waals surface area contributed by atoms with Crippen LogP contribution in [0.1, 0.15) is 0 Å². The molecule has 15 heavy (non-hydrogen) atoms. The van der Waals surface area contributed by atoms with Gasteiger partial charge in [0.1, 0.15) is 0 Å². The molecule has 0 atom stereocenters. The summed E-state index contributed by atoms with van der Waals surface area (Å²) < 4.78 is 49.5. The van der Waals surface area contributed by atoms with E-state index in [-0.39, 0.29) is 0 Å². The number of sulfone groups is 1. The molecule has 0 aliphatic carbocycles. The van der Waals surface area contributed by atoms with Crippen LogP contribution in [-0.2, 0) is 9.84 Å². The van der Waals surface area contributed by atoms with Crippen molar-refractivity contribution in [2.45, 2.75) is 10.5 Å². The summed E-state index contributed by atoms with van der Waals surface area (Å²) in [5.41, 5.74) is 0. The SMILES string of the molecule is O=S(=O)(C1(F)N=NN=N1)C1(F)N=NN=N1. The Bertz CT molecular complexity index is 441. The maximum absolute atomic E-state index is 13.4. The van der Waals surface area contributed by atoms with Gasteiger partial charge in [0.25, 0.3) is 0 Å². The smallest absolute Gasteiger partial charge is 0.213 e. The Morgan fingerprint density at radius 3 is 1.27 bits per heavy atom. The number of halogens is 2. The lowest BCUT2D eigenvalue weighted by Crippen LogP contribution is -2.41. The summed E-state index contributed by atoms with van der Waals surface area (Å²) in [6, 6.07) is 0. The molecule has 13 heteroatoms. The van der Waals surface area contributed by atoms with Crippen molar-refractivity contribution in [2.24, 2.45) is 41.4 Å². The first-order valence-corrected chi connectivity index (χ1v) is 4.70. The first-order chi connectivity index (χ1) is 6.91. The number of hydrogen-bond acceptors (Lipinski definition) is 10. The minimum atomic E-state index is -5.31. The van der Waals surface area contributed by atoms with Gasteiger partial charge in [-0.1, -0.05) is 20.5 Å². The van der Waals surface area contributed by atoms with Crippen LogP contribution in [0, 0.1) is 0 Å². The zero-order valence-corrected chi connectivity index (χ0v) is 7.37. The first kappa shape index (κ1) is 9.75. The fourth-order valence-corrected chi connectivity index (χ4v) is 1.63. The van der Waals surface area contributed by atoms with Gasteiger partial charge < -0.3 is 0 Å². The van der Waals surface area contributed by atoms with Gasteiger partial charge in [0, 0.05) is 0 Å². The van der Waals surface area contributed by atoms with Gasteiger partial charge in [0.2, 0.25) is 0 Å². The van der Waals surface area contributed by atoms with Crippen LogP contribution < -0.4 is 0 Å². The summed E-state index contributed by atoms with van der Waals surface area (Å²) in [7, 11) is -5.31. The average Bonchev–Trinajstić information content (AvgIpc) is 2.76. The van der Waals surface area contributed by atoms with Gasteiger partial charge in [-0.2, -0.15) is 8.78 Å². The lowest BCUT2D eigenvalue weighted by molar-refractivity contribution is 0.233. The van der Waals surface area contributed by atoms with Gasteiger partial charge in [0.05, 0.1) is 0 Å². The van der Waals surface area contributed by atoms with Crippen molar-refractivity contribution in [3.8, 4) is 0 Å². The lowest BCUT2D eigenvalue weighted by Gasteiger charge is -2.14. The fourth-order valence-electron chi connectivity index (χ4n) is 0.721. The number of alkyl halides is 2. The monoisotopic (exact) mass is 238 g/mol. The Kier molecular flexibility index (Phi) is 1.70. The zero-order valence-electron chi connectivity index (χ0n) is 6.56. The van der Waals surface area contributed by atoms with Crippen LogP contribution in [-0.4, -0.2) is 18.9 Å². The summed E-state index contributed by atoms with van der Waals surface area (Å²) in [6.07, 6.45) is 0. The molecule has 0 saturated heterocycles. The van der Waals surface area contributed by atoms with Gasteiger partial charge in [-0.05, 0) is 20.9 Å². The highest BCUT2D eigenvalue weighted by Crippen LogP contribution is 2.40. The van der Waals surface area contributed by atoms with Crippen LogP contribution in [0.25, 0.3) is 0 Å². The molecule has 2 rings (SSSR count). The van der Waals surface area contributed by atoms with E-state index in [4.69, 9.17) is 0 Å². The van der Waals surface area contributed by atoms with Crippen LogP contribution >= 0.6 is 0 Å². The van der Waals surface area contributed by atoms with E-state index in [2.05, 4.69) is 41.4 Å². The van der Waals surface area contributed by atoms with Crippen molar-refractivity contribution < 1.29 is 17.2 Å². The van der Waals surface area contributed by atoms with Gasteiger partial charge in [-0.3, -0.25) is 0 Å². The van der Waals surface area contributed by atoms with E-state index in [1.807, 2.05) is 0 Å². The topological polar surface area (TPSA) is 133 Å². The molecule has 0 aromatic heterocycles. The molecule has 0 saturated carbocycles. The second-order valence-electron chi connectivity index (χ2n) is 2.32. The molecule has 2 heterocycles. The van der Waals surface area contributed by atoms with Crippen molar-refractivity contribution in [2.75, 3.05) is 0 Å². The number of nitrogens with zero attached hydrogens (tertiary/aromatic N) is 8. The Labute approximate surface area is 79.8 Å². The Hall–Kier alpha value is -1.79. The number of hydrogen-bond donors (Lipinski definition) is 0. The van der Waals surface area contributed by atoms with E-state index >= 15 is 0 Å². The van der Waals surface area contributed by atoms with Crippen molar-refractivity contribution in [1.82, 2.24) is 0 Å². The van der Waals surface area contributed by atoms with E-state index in [0.717, 1.165) is 0 Å². The van der Waals surface area contributed by atoms with Crippen molar-refractivity contribution in [3.63, 3.8) is 0 Å². The molecule has 0 fully saturated rings. The maximum Gasteiger partial charge on any atom is 0.442 e. The molecule has 0 unspecified atom stereocenters. The molecule has 0 bridgehead atoms. The first-order valence-electron chi connectivity index (χ1n) is 3.21. The highest BCUT2D eigenvalue weighted by molar-refractivity contribution is 7.93. The molecule has 0 spiro atoms. The van der Waals surface area contributed by atoms with Gasteiger partial charge in [0.15, 0.2) is 0 Å². The third-order valence-corrected chi connectivity index (χ3v) is 3.13. The molecule has 80 valence electrons. The normalized spacial score (nSPS) is 25.2. The van der Waals surface area contributed by atoms with Crippen molar-refractivity contribution in [1.29, 1.82) is 0 Å². The predicted molar refractivity (Wildman–Crippen MR) is 36.0 cm³/mol. The molecular formula is C2F2N8O2S. The Morgan fingerprint density at radius 1 is 0.733 bits per heavy atom. The average molecular weight is 238 g/mol. The van der Waals surface area contributed by atoms with Crippen molar-refractivity contribution in [3.05, 3.63) is 0 Å². The third kappa shape index (κ3) is 1.09. The standard InChI is InChI=1S/C2F2N8O2S/c3-1(5-9-10-6-1)15(13,14)2(4)7-11-12-8-2. The van der Waals surface area contributed by atoms with E-state index in [1.165, 1.54) is 0 Å². The summed E-state index contributed by atoms with van der Waals surface area (Å²) in [6.45, 7) is 0. The Morgan fingerprint density at radius 2 is 1.00 bits per heavy atom. The minimum absolute atomic E-state index is 2.52. The Balaban J connectivity index is 2.53. The minimum Gasteiger partial charge on any atom is -0.213 e. The summed E-state index contributed by atoms with van der Waals surface area (Å²) >= 11 is 0. The molecule has 0 radical (unpaired) electrons. The summed E-state index contributed by atoms with van der Waals surface area (Å²) in [5.74, 6) is 0. The molecule has 0 aromatic rings. The highest BCUT2D eigenvalue weighted by Gasteiger charge is 2.64. The molecule has 0 amide bonds. The molecule has 10 nitrogen and oxygen atoms in total. The van der Waals surface area contributed by atoms with Gasteiger partial charge in [-0.25, -0.2) is 8.42 Å². The van der Waals surface area contributed by atoms with E-state index in [9.17, 15) is 17.2 Å². The fraction of sp³-hybridized carbons (Fsp3) is 1.00. The van der Waals surface area contributed by atoms with E-state index in [1.54, 1.807) is 0 Å². The second-order valence-corrected chi connectivity index (χ2v) is 4.36. The van der Waals surface area contributed by atoms with Crippen molar-refractivity contribution >= 4 is 9.84 Å². The van der Waals surface area contributed by atoms with Crippen LogP contribution in [0.5, 0.6) is 0 Å². The van der Waals surface area contributed by atoms with Gasteiger partial charge >= 0.3 is 20.3 Å². The highest BCUT2D eigenvalue weighted by atomic mass is 32.2. The van der Waals surface area contributed by atoms with Crippen LogP contribution in [0.4, 0.5) is 8.78 Å². The quantitative estimate of drug-likeness (QED) is 0.669. The molecule has 0 N–H and O–H groups in total. The third-order valence-electron chi connectivity index (χ3n) is 1.44. The number of rotatable bonds is 2. The van der Waals surface area contributed by atoms with Gasteiger partial charge in [-0.15, -0.1) is 0 Å². The van der Waals surface area contributed by atoms with E-state index in [0.29, 0.717) is 0 Å². The summed E-state index contributed by atoms with van der Waals surface area (Å²) in [5, 5.41) is 13.2. The summed E-state index contributed by atoms with van der Waals surface area (Å²) in [4.78, 5) is 0. The lowest BCUT2D eigenvalue weighted by atomic mass is 11.1. The van der Waals surface area contributed by atoms with Crippen LogP contribution in [0.2, 0.25) is 0 Å².